The Morgan fingerprint density at radius 1 is 1.13 bits per heavy atom. The maximum atomic E-state index is 12.7. The topological polar surface area (TPSA) is 108 Å². The van der Waals surface area contributed by atoms with Crippen molar-refractivity contribution in [2.45, 2.75) is 104 Å². The van der Waals surface area contributed by atoms with Crippen molar-refractivity contribution in [3.05, 3.63) is 77.7 Å². The van der Waals surface area contributed by atoms with Gasteiger partial charge in [0.15, 0.2) is 11.8 Å². The van der Waals surface area contributed by atoms with Crippen LogP contribution in [0.1, 0.15) is 88.1 Å². The van der Waals surface area contributed by atoms with Gasteiger partial charge in [-0.1, -0.05) is 29.8 Å². The number of fused-ring (bicyclic) bond motifs is 1. The van der Waals surface area contributed by atoms with E-state index in [1.54, 1.807) is 10.6 Å². The van der Waals surface area contributed by atoms with Gasteiger partial charge >= 0.3 is 5.97 Å². The molecule has 1 N–H and O–H groups in total. The van der Waals surface area contributed by atoms with E-state index >= 15 is 0 Å². The largest absolute Gasteiger partial charge is 0.490 e. The molecule has 0 spiro atoms. The van der Waals surface area contributed by atoms with Crippen LogP contribution in [-0.2, 0) is 32.2 Å². The lowest BCUT2D eigenvalue weighted by atomic mass is 9.92. The first-order valence-corrected chi connectivity index (χ1v) is 16.0. The molecule has 0 saturated carbocycles. The molecule has 46 heavy (non-hydrogen) atoms. The van der Waals surface area contributed by atoms with Gasteiger partial charge in [0, 0.05) is 36.8 Å². The summed E-state index contributed by atoms with van der Waals surface area (Å²) < 4.78 is 26.3. The normalized spacial score (nSPS) is 16.3. The lowest BCUT2D eigenvalue weighted by molar-refractivity contribution is -0.160. The predicted molar refractivity (Wildman–Crippen MR) is 180 cm³/mol. The smallest absolute Gasteiger partial charge is 0.337 e. The molecular weight excluding hydrogens is 584 g/mol. The quantitative estimate of drug-likeness (QED) is 0.179. The number of carboxylic acids is 1. The second-order valence-corrected chi connectivity index (χ2v) is 13.4. The number of rotatable bonds is 15. The number of ether oxygens (including phenoxy) is 4. The van der Waals surface area contributed by atoms with Crippen LogP contribution < -0.4 is 9.64 Å². The number of aliphatic carboxylic acids is 1. The highest BCUT2D eigenvalue weighted by molar-refractivity contribution is 5.78. The zero-order chi connectivity index (χ0) is 33.6. The van der Waals surface area contributed by atoms with Crippen molar-refractivity contribution in [3.63, 3.8) is 0 Å². The highest BCUT2D eigenvalue weighted by atomic mass is 16.5. The first kappa shape index (κ1) is 35.1. The summed E-state index contributed by atoms with van der Waals surface area (Å²) in [4.78, 5) is 19.7. The Bertz CT molecular complexity index is 1530. The van der Waals surface area contributed by atoms with Gasteiger partial charge in [0.25, 0.3) is 0 Å². The van der Waals surface area contributed by atoms with E-state index in [1.807, 2.05) is 65.8 Å². The van der Waals surface area contributed by atoms with Gasteiger partial charge < -0.3 is 29.0 Å². The van der Waals surface area contributed by atoms with Gasteiger partial charge in [0.05, 0.1) is 48.4 Å². The molecule has 2 unspecified atom stereocenters. The highest BCUT2D eigenvalue weighted by Crippen LogP contribution is 2.37. The fourth-order valence-electron chi connectivity index (χ4n) is 5.73. The standard InChI is InChI=1S/C36H50N4O6/c1-10-12-25(4)45-29-14-13-24(3)20-27(29)22-43-23-28-21-30-37-26(5)31(32(34(41)42)46-35(6,7)8)33(40(30)38-28)39-17-15-36(9,16-18-39)44-19-11-2/h10-11,13-14,20-21,25,32H,1-2,12,15-19,22-23H2,3-9H3,(H,41,42). The fourth-order valence-corrected chi connectivity index (χ4v) is 5.73. The number of carboxylic acid groups (broad SMARTS) is 1. The Morgan fingerprint density at radius 3 is 2.48 bits per heavy atom. The van der Waals surface area contributed by atoms with Crippen LogP contribution in [0.5, 0.6) is 5.75 Å². The van der Waals surface area contributed by atoms with Gasteiger partial charge in [-0.3, -0.25) is 0 Å². The molecule has 1 aliphatic heterocycles. The van der Waals surface area contributed by atoms with Crippen LogP contribution in [0.25, 0.3) is 5.65 Å². The number of anilines is 1. The molecule has 0 bridgehead atoms. The van der Waals surface area contributed by atoms with Gasteiger partial charge in [0.1, 0.15) is 11.6 Å². The molecule has 0 amide bonds. The second-order valence-electron chi connectivity index (χ2n) is 13.4. The summed E-state index contributed by atoms with van der Waals surface area (Å²) in [6.07, 6.45) is 4.63. The minimum absolute atomic E-state index is 0.00239. The molecule has 4 rings (SSSR count). The third-order valence-corrected chi connectivity index (χ3v) is 8.03. The van der Waals surface area contributed by atoms with E-state index < -0.39 is 17.7 Å². The van der Waals surface area contributed by atoms with Gasteiger partial charge in [0.2, 0.25) is 0 Å². The summed E-state index contributed by atoms with van der Waals surface area (Å²) in [5, 5.41) is 15.3. The third kappa shape index (κ3) is 8.74. The zero-order valence-electron chi connectivity index (χ0n) is 28.5. The summed E-state index contributed by atoms with van der Waals surface area (Å²) in [5.41, 5.74) is 3.44. The Morgan fingerprint density at radius 2 is 1.85 bits per heavy atom. The predicted octanol–water partition coefficient (Wildman–Crippen LogP) is 6.91. The first-order valence-electron chi connectivity index (χ1n) is 16.0. The van der Waals surface area contributed by atoms with Crippen molar-refractivity contribution in [2.75, 3.05) is 24.6 Å². The van der Waals surface area contributed by atoms with Crippen LogP contribution in [0.2, 0.25) is 0 Å². The second kappa shape index (κ2) is 14.8. The Labute approximate surface area is 273 Å². The minimum Gasteiger partial charge on any atom is -0.490 e. The van der Waals surface area contributed by atoms with E-state index in [0.717, 1.165) is 36.1 Å². The SMILES string of the molecule is C=CCOC1(C)CCN(c2c(C(OC(C)(C)C)C(=O)O)c(C)nc3cc(COCc4cc(C)ccc4OC(C)CC=C)nn23)CC1. The van der Waals surface area contributed by atoms with Crippen LogP contribution in [0.3, 0.4) is 0 Å². The number of aryl methyl sites for hydroxylation is 2. The molecule has 2 atom stereocenters. The Kier molecular flexibility index (Phi) is 11.3. The summed E-state index contributed by atoms with van der Waals surface area (Å²) in [5.74, 6) is 0.375. The molecule has 0 aliphatic carbocycles. The number of piperidine rings is 1. The maximum absolute atomic E-state index is 12.7. The van der Waals surface area contributed by atoms with E-state index in [2.05, 4.69) is 31.0 Å². The lowest BCUT2D eigenvalue weighted by Gasteiger charge is -2.41. The number of hydrogen-bond donors (Lipinski definition) is 1. The van der Waals surface area contributed by atoms with E-state index in [1.165, 1.54) is 0 Å². The molecule has 10 heteroatoms. The average molecular weight is 635 g/mol. The van der Waals surface area contributed by atoms with Crippen LogP contribution >= 0.6 is 0 Å². The van der Waals surface area contributed by atoms with Crippen LogP contribution in [-0.4, -0.2) is 62.7 Å². The van der Waals surface area contributed by atoms with Gasteiger partial charge in [-0.05, 0) is 67.4 Å². The van der Waals surface area contributed by atoms with Crippen LogP contribution in [0, 0.1) is 13.8 Å². The molecule has 10 nitrogen and oxygen atoms in total. The van der Waals surface area contributed by atoms with Crippen LogP contribution in [0.15, 0.2) is 49.6 Å². The Balaban J connectivity index is 1.67. The van der Waals surface area contributed by atoms with Gasteiger partial charge in [-0.15, -0.1) is 13.2 Å². The molecule has 1 aromatic carbocycles. The van der Waals surface area contributed by atoms with Crippen molar-refractivity contribution in [1.82, 2.24) is 14.6 Å². The number of hydrogen-bond acceptors (Lipinski definition) is 8. The molecule has 0 radical (unpaired) electrons. The van der Waals surface area contributed by atoms with Gasteiger partial charge in [-0.2, -0.15) is 9.61 Å². The molecule has 3 heterocycles. The van der Waals surface area contributed by atoms with Crippen molar-refractivity contribution in [1.29, 1.82) is 0 Å². The molecule has 1 fully saturated rings. The molecule has 2 aromatic heterocycles. The van der Waals surface area contributed by atoms with Crippen molar-refractivity contribution >= 4 is 17.4 Å². The molecular formula is C36H50N4O6. The fraction of sp³-hybridized carbons (Fsp3) is 0.528. The average Bonchev–Trinajstić information content (AvgIpc) is 3.38. The minimum atomic E-state index is -1.23. The van der Waals surface area contributed by atoms with Crippen LogP contribution in [0.4, 0.5) is 5.82 Å². The molecule has 250 valence electrons. The monoisotopic (exact) mass is 634 g/mol. The number of benzene rings is 1. The maximum Gasteiger partial charge on any atom is 0.337 e. The van der Waals surface area contributed by atoms with E-state index in [0.29, 0.717) is 54.7 Å². The zero-order valence-corrected chi connectivity index (χ0v) is 28.5. The number of carbonyl (C=O) groups is 1. The Hall–Kier alpha value is -3.73. The lowest BCUT2D eigenvalue weighted by Crippen LogP contribution is -2.45. The highest BCUT2D eigenvalue weighted by Gasteiger charge is 2.37. The van der Waals surface area contributed by atoms with E-state index in [4.69, 9.17) is 29.0 Å². The summed E-state index contributed by atoms with van der Waals surface area (Å²) in [6, 6.07) is 7.96. The van der Waals surface area contributed by atoms with Crippen molar-refractivity contribution in [3.8, 4) is 5.75 Å². The van der Waals surface area contributed by atoms with Crippen molar-refractivity contribution < 1.29 is 28.8 Å². The summed E-state index contributed by atoms with van der Waals surface area (Å²) >= 11 is 0. The number of nitrogens with zero attached hydrogens (tertiary/aromatic N) is 4. The first-order chi connectivity index (χ1) is 21.7. The van der Waals surface area contributed by atoms with E-state index in [-0.39, 0.29) is 18.3 Å². The molecule has 1 saturated heterocycles. The molecule has 1 aliphatic rings. The van der Waals surface area contributed by atoms with E-state index in [9.17, 15) is 9.90 Å². The molecule has 3 aromatic rings. The van der Waals surface area contributed by atoms with Gasteiger partial charge in [-0.25, -0.2) is 9.78 Å². The third-order valence-electron chi connectivity index (χ3n) is 8.03. The summed E-state index contributed by atoms with van der Waals surface area (Å²) in [7, 11) is 0. The summed E-state index contributed by atoms with van der Waals surface area (Å²) in [6.45, 7) is 23.5. The number of aromatic nitrogens is 3. The van der Waals surface area contributed by atoms with Crippen molar-refractivity contribution in [2.24, 2.45) is 0 Å².